The van der Waals surface area contributed by atoms with Crippen LogP contribution in [0.4, 0.5) is 0 Å². The van der Waals surface area contributed by atoms with Crippen LogP contribution in [0.1, 0.15) is 37.8 Å². The fourth-order valence-electron chi connectivity index (χ4n) is 3.41. The number of aryl methyl sites for hydroxylation is 2. The number of hydrogen-bond acceptors (Lipinski definition) is 3. The number of nitrogens with one attached hydrogen (secondary N) is 1. The van der Waals surface area contributed by atoms with E-state index in [9.17, 15) is 0 Å². The minimum absolute atomic E-state index is 0.153. The van der Waals surface area contributed by atoms with Crippen molar-refractivity contribution in [2.24, 2.45) is 0 Å². The van der Waals surface area contributed by atoms with Gasteiger partial charge in [0.15, 0.2) is 0 Å². The number of hydrogen-bond donors (Lipinski definition) is 1. The van der Waals surface area contributed by atoms with Crippen molar-refractivity contribution in [1.82, 2.24) is 15.1 Å². The Bertz CT molecular complexity index is 1060. The molecule has 0 saturated carbocycles. The summed E-state index contributed by atoms with van der Waals surface area (Å²) in [6, 6.07) is 10.9. The second-order valence-corrected chi connectivity index (χ2v) is 7.85. The molecule has 1 aromatic carbocycles. The molecule has 0 spiro atoms. The molecule has 4 heteroatoms. The largest absolute Gasteiger partial charge is 0.361 e. The SMILES string of the molecule is Cc1noc(C)c1-c1cnc2c(-c3ccc(C(C)(C)C)cc3)c[nH]c2c1. The fourth-order valence-corrected chi connectivity index (χ4v) is 3.41. The zero-order chi connectivity index (χ0) is 18.5. The zero-order valence-electron chi connectivity index (χ0n) is 15.8. The summed E-state index contributed by atoms with van der Waals surface area (Å²) < 4.78 is 5.29. The third kappa shape index (κ3) is 2.71. The van der Waals surface area contributed by atoms with Gasteiger partial charge in [-0.1, -0.05) is 50.2 Å². The van der Waals surface area contributed by atoms with E-state index in [1.54, 1.807) is 0 Å². The van der Waals surface area contributed by atoms with Gasteiger partial charge in [-0.15, -0.1) is 0 Å². The van der Waals surface area contributed by atoms with E-state index in [1.165, 1.54) is 11.1 Å². The molecule has 4 rings (SSSR count). The van der Waals surface area contributed by atoms with Crippen LogP contribution < -0.4 is 0 Å². The number of aromatic nitrogens is 3. The van der Waals surface area contributed by atoms with E-state index in [4.69, 9.17) is 9.51 Å². The van der Waals surface area contributed by atoms with Crippen molar-refractivity contribution in [3.05, 3.63) is 59.7 Å². The molecular formula is C22H23N3O. The first-order valence-electron chi connectivity index (χ1n) is 8.86. The normalized spacial score (nSPS) is 12.0. The summed E-state index contributed by atoms with van der Waals surface area (Å²) in [5, 5.41) is 4.04. The molecule has 132 valence electrons. The zero-order valence-corrected chi connectivity index (χ0v) is 15.8. The van der Waals surface area contributed by atoms with Gasteiger partial charge in [0, 0.05) is 29.1 Å². The molecule has 0 aliphatic carbocycles. The highest BCUT2D eigenvalue weighted by atomic mass is 16.5. The quantitative estimate of drug-likeness (QED) is 0.499. The summed E-state index contributed by atoms with van der Waals surface area (Å²) >= 11 is 0. The summed E-state index contributed by atoms with van der Waals surface area (Å²) in [5.74, 6) is 0.813. The molecule has 3 aromatic heterocycles. The van der Waals surface area contributed by atoms with Crippen LogP contribution in [-0.4, -0.2) is 15.1 Å². The second-order valence-electron chi connectivity index (χ2n) is 7.85. The fraction of sp³-hybridized carbons (Fsp3) is 0.273. The van der Waals surface area contributed by atoms with Crippen molar-refractivity contribution in [2.45, 2.75) is 40.0 Å². The average molecular weight is 345 g/mol. The second kappa shape index (κ2) is 5.84. The number of benzene rings is 1. The molecule has 0 aliphatic heterocycles. The van der Waals surface area contributed by atoms with E-state index in [0.717, 1.165) is 39.2 Å². The maximum atomic E-state index is 5.29. The number of nitrogens with zero attached hydrogens (tertiary/aromatic N) is 2. The Balaban J connectivity index is 1.77. The van der Waals surface area contributed by atoms with Crippen LogP contribution in [0.15, 0.2) is 47.2 Å². The Morgan fingerprint density at radius 2 is 1.73 bits per heavy atom. The Labute approximate surface area is 153 Å². The van der Waals surface area contributed by atoms with Crippen LogP contribution >= 0.6 is 0 Å². The lowest BCUT2D eigenvalue weighted by atomic mass is 9.86. The lowest BCUT2D eigenvalue weighted by Gasteiger charge is -2.19. The minimum atomic E-state index is 0.153. The molecule has 1 N–H and O–H groups in total. The van der Waals surface area contributed by atoms with Gasteiger partial charge < -0.3 is 9.51 Å². The molecule has 0 radical (unpaired) electrons. The predicted molar refractivity (Wildman–Crippen MR) is 105 cm³/mol. The van der Waals surface area contributed by atoms with Gasteiger partial charge in [-0.05, 0) is 36.5 Å². The van der Waals surface area contributed by atoms with Crippen LogP contribution in [-0.2, 0) is 5.41 Å². The summed E-state index contributed by atoms with van der Waals surface area (Å²) in [7, 11) is 0. The van der Waals surface area contributed by atoms with Gasteiger partial charge in [-0.3, -0.25) is 4.98 Å². The molecule has 26 heavy (non-hydrogen) atoms. The molecule has 0 amide bonds. The first kappa shape index (κ1) is 16.6. The first-order chi connectivity index (χ1) is 12.3. The topological polar surface area (TPSA) is 54.7 Å². The first-order valence-corrected chi connectivity index (χ1v) is 8.86. The van der Waals surface area contributed by atoms with Crippen LogP contribution in [0.25, 0.3) is 33.3 Å². The van der Waals surface area contributed by atoms with Crippen molar-refractivity contribution in [3.63, 3.8) is 0 Å². The van der Waals surface area contributed by atoms with E-state index in [2.05, 4.69) is 61.2 Å². The third-order valence-electron chi connectivity index (χ3n) is 4.90. The van der Waals surface area contributed by atoms with E-state index in [-0.39, 0.29) is 5.41 Å². The van der Waals surface area contributed by atoms with Gasteiger partial charge in [0.25, 0.3) is 0 Å². The predicted octanol–water partition coefficient (Wildman–Crippen LogP) is 5.80. The molecule has 4 aromatic rings. The van der Waals surface area contributed by atoms with E-state index in [1.807, 2.05) is 26.2 Å². The van der Waals surface area contributed by atoms with Gasteiger partial charge in [-0.25, -0.2) is 0 Å². The Hall–Kier alpha value is -2.88. The molecule has 0 bridgehead atoms. The Morgan fingerprint density at radius 1 is 1.00 bits per heavy atom. The molecule has 3 heterocycles. The summed E-state index contributed by atoms with van der Waals surface area (Å²) in [6.45, 7) is 10.6. The van der Waals surface area contributed by atoms with Crippen molar-refractivity contribution < 1.29 is 4.52 Å². The number of fused-ring (bicyclic) bond motifs is 1. The highest BCUT2D eigenvalue weighted by Gasteiger charge is 2.16. The van der Waals surface area contributed by atoms with Crippen molar-refractivity contribution >= 4 is 11.0 Å². The Kier molecular flexibility index (Phi) is 3.72. The minimum Gasteiger partial charge on any atom is -0.361 e. The van der Waals surface area contributed by atoms with Crippen LogP contribution in [0.3, 0.4) is 0 Å². The molecule has 0 aliphatic rings. The van der Waals surface area contributed by atoms with E-state index >= 15 is 0 Å². The average Bonchev–Trinajstić information content (AvgIpc) is 3.17. The third-order valence-corrected chi connectivity index (χ3v) is 4.90. The maximum Gasteiger partial charge on any atom is 0.141 e. The van der Waals surface area contributed by atoms with Crippen molar-refractivity contribution in [2.75, 3.05) is 0 Å². The van der Waals surface area contributed by atoms with Crippen molar-refractivity contribution in [1.29, 1.82) is 0 Å². The lowest BCUT2D eigenvalue weighted by molar-refractivity contribution is 0.393. The summed E-state index contributed by atoms with van der Waals surface area (Å²) in [5.41, 5.74) is 8.67. The highest BCUT2D eigenvalue weighted by molar-refractivity contribution is 5.94. The molecule has 0 saturated heterocycles. The van der Waals surface area contributed by atoms with Gasteiger partial charge in [0.05, 0.1) is 16.7 Å². The van der Waals surface area contributed by atoms with Crippen LogP contribution in [0.2, 0.25) is 0 Å². The van der Waals surface area contributed by atoms with Crippen LogP contribution in [0.5, 0.6) is 0 Å². The molecule has 0 atom stereocenters. The molecule has 0 unspecified atom stereocenters. The van der Waals surface area contributed by atoms with Gasteiger partial charge in [0.1, 0.15) is 5.76 Å². The van der Waals surface area contributed by atoms with Crippen molar-refractivity contribution in [3.8, 4) is 22.3 Å². The Morgan fingerprint density at radius 3 is 2.35 bits per heavy atom. The van der Waals surface area contributed by atoms with E-state index in [0.29, 0.717) is 0 Å². The monoisotopic (exact) mass is 345 g/mol. The smallest absolute Gasteiger partial charge is 0.141 e. The van der Waals surface area contributed by atoms with Gasteiger partial charge >= 0.3 is 0 Å². The molecular weight excluding hydrogens is 322 g/mol. The summed E-state index contributed by atoms with van der Waals surface area (Å²) in [4.78, 5) is 8.09. The molecule has 0 fully saturated rings. The lowest BCUT2D eigenvalue weighted by Crippen LogP contribution is -2.10. The number of rotatable bonds is 2. The molecule has 4 nitrogen and oxygen atoms in total. The number of H-pyrrole nitrogens is 1. The van der Waals surface area contributed by atoms with Gasteiger partial charge in [0.2, 0.25) is 0 Å². The highest BCUT2D eigenvalue weighted by Crippen LogP contribution is 2.33. The maximum absolute atomic E-state index is 5.29. The summed E-state index contributed by atoms with van der Waals surface area (Å²) in [6.07, 6.45) is 3.93. The number of aromatic amines is 1. The standard InChI is InChI=1S/C22H23N3O/c1-13-20(14(2)26-25-13)16-10-19-21(24-11-16)18(12-23-19)15-6-8-17(9-7-15)22(3,4)5/h6-12,23H,1-5H3. The van der Waals surface area contributed by atoms with E-state index < -0.39 is 0 Å². The van der Waals surface area contributed by atoms with Gasteiger partial charge in [-0.2, -0.15) is 0 Å². The van der Waals surface area contributed by atoms with Crippen LogP contribution in [0, 0.1) is 13.8 Å². The number of pyridine rings is 1.